The van der Waals surface area contributed by atoms with Crippen molar-refractivity contribution in [1.29, 1.82) is 0 Å². The van der Waals surface area contributed by atoms with Crippen LogP contribution in [0.5, 0.6) is 0 Å². The molecular formula is C19H17N7O. The monoisotopic (exact) mass is 359 g/mol. The lowest BCUT2D eigenvalue weighted by atomic mass is 9.98. The van der Waals surface area contributed by atoms with E-state index in [1.165, 1.54) is 5.69 Å². The smallest absolute Gasteiger partial charge is 0.260 e. The summed E-state index contributed by atoms with van der Waals surface area (Å²) in [4.78, 5) is 24.3. The van der Waals surface area contributed by atoms with Gasteiger partial charge in [-0.2, -0.15) is 10.2 Å². The second kappa shape index (κ2) is 5.12. The van der Waals surface area contributed by atoms with Gasteiger partial charge in [0.1, 0.15) is 5.56 Å². The van der Waals surface area contributed by atoms with Crippen molar-refractivity contribution in [2.24, 2.45) is 0 Å². The van der Waals surface area contributed by atoms with Crippen LogP contribution in [-0.4, -0.2) is 46.0 Å². The number of carbonyl (C=O) groups excluding carboxylic acids is 1. The van der Waals surface area contributed by atoms with E-state index in [1.54, 1.807) is 29.2 Å². The molecule has 4 aromatic heterocycles. The number of aromatic nitrogens is 6. The predicted molar refractivity (Wildman–Crippen MR) is 96.3 cm³/mol. The van der Waals surface area contributed by atoms with Gasteiger partial charge in [-0.1, -0.05) is 0 Å². The predicted octanol–water partition coefficient (Wildman–Crippen LogP) is 1.98. The van der Waals surface area contributed by atoms with Crippen LogP contribution in [0.3, 0.4) is 0 Å². The molecule has 0 spiro atoms. The van der Waals surface area contributed by atoms with Crippen LogP contribution in [0.15, 0.2) is 36.9 Å². The summed E-state index contributed by atoms with van der Waals surface area (Å²) in [6, 6.07) is 4.00. The van der Waals surface area contributed by atoms with Crippen molar-refractivity contribution in [3.05, 3.63) is 59.4 Å². The summed E-state index contributed by atoms with van der Waals surface area (Å²) in [5.74, 6) is -0.00130. The largest absolute Gasteiger partial charge is 0.328 e. The standard InChI is InChI=1S/C19H17N7O/c1-11-7-17-21-9-13-15-4-3-12(8-16(13)26(17)23-11)25(15)19(27)14-10-22-24-6-2-5-20-18(14)24/h2,5-7,9-10,12,15H,3-4,8H2,1H3/t12-,15-/m0/s1. The molecule has 0 N–H and O–H groups in total. The molecule has 0 aliphatic carbocycles. The molecule has 1 amide bonds. The van der Waals surface area contributed by atoms with Gasteiger partial charge < -0.3 is 4.90 Å². The zero-order valence-corrected chi connectivity index (χ0v) is 14.8. The van der Waals surface area contributed by atoms with Crippen LogP contribution in [0, 0.1) is 6.92 Å². The molecule has 0 saturated carbocycles. The number of fused-ring (bicyclic) bond motifs is 7. The highest BCUT2D eigenvalue weighted by Crippen LogP contribution is 2.44. The Labute approximate surface area is 154 Å². The first-order valence-electron chi connectivity index (χ1n) is 9.16. The highest BCUT2D eigenvalue weighted by Gasteiger charge is 2.44. The highest BCUT2D eigenvalue weighted by molar-refractivity contribution is 6.00. The van der Waals surface area contributed by atoms with E-state index >= 15 is 0 Å². The van der Waals surface area contributed by atoms with E-state index < -0.39 is 0 Å². The van der Waals surface area contributed by atoms with Crippen LogP contribution in [0.4, 0.5) is 0 Å². The number of nitrogens with zero attached hydrogens (tertiary/aromatic N) is 7. The maximum atomic E-state index is 13.4. The minimum absolute atomic E-state index is 0.00130. The Morgan fingerprint density at radius 2 is 2.15 bits per heavy atom. The third-order valence-corrected chi connectivity index (χ3v) is 5.77. The van der Waals surface area contributed by atoms with E-state index in [0.717, 1.165) is 36.2 Å². The van der Waals surface area contributed by atoms with Crippen molar-refractivity contribution in [3.8, 4) is 0 Å². The number of amides is 1. The van der Waals surface area contributed by atoms with Gasteiger partial charge in [-0.25, -0.2) is 19.0 Å². The SMILES string of the molecule is Cc1cc2ncc3c(n2n1)C[C@@H]1CC[C@@H]3N1C(=O)c1cnn2cccnc12. The molecule has 1 fully saturated rings. The molecule has 0 radical (unpaired) electrons. The van der Waals surface area contributed by atoms with E-state index in [9.17, 15) is 4.79 Å². The van der Waals surface area contributed by atoms with E-state index in [0.29, 0.717) is 11.2 Å². The van der Waals surface area contributed by atoms with Gasteiger partial charge in [-0.15, -0.1) is 0 Å². The molecule has 0 aromatic carbocycles. The van der Waals surface area contributed by atoms with Crippen LogP contribution >= 0.6 is 0 Å². The Morgan fingerprint density at radius 1 is 1.22 bits per heavy atom. The first kappa shape index (κ1) is 14.8. The summed E-state index contributed by atoms with van der Waals surface area (Å²) in [5, 5.41) is 8.88. The molecule has 2 bridgehead atoms. The molecule has 6 heterocycles. The number of rotatable bonds is 1. The lowest BCUT2D eigenvalue weighted by Crippen LogP contribution is -2.42. The Hall–Kier alpha value is -3.29. The Balaban J connectivity index is 1.46. The van der Waals surface area contributed by atoms with Crippen LogP contribution in [0.25, 0.3) is 11.3 Å². The van der Waals surface area contributed by atoms with Crippen LogP contribution in [0.2, 0.25) is 0 Å². The normalized spacial score (nSPS) is 21.1. The number of hydrogen-bond acceptors (Lipinski definition) is 5. The maximum absolute atomic E-state index is 13.4. The summed E-state index contributed by atoms with van der Waals surface area (Å²) >= 11 is 0. The zero-order chi connectivity index (χ0) is 18.1. The molecule has 0 unspecified atom stereocenters. The number of carbonyl (C=O) groups is 1. The Bertz CT molecular complexity index is 1220. The van der Waals surface area contributed by atoms with Gasteiger partial charge in [0.05, 0.1) is 23.6 Å². The first-order valence-corrected chi connectivity index (χ1v) is 9.16. The van der Waals surface area contributed by atoms with Crippen LogP contribution in [-0.2, 0) is 6.42 Å². The summed E-state index contributed by atoms with van der Waals surface area (Å²) < 4.78 is 3.60. The first-order chi connectivity index (χ1) is 13.2. The molecule has 2 aliphatic rings. The summed E-state index contributed by atoms with van der Waals surface area (Å²) in [6.07, 6.45) is 9.77. The highest BCUT2D eigenvalue weighted by atomic mass is 16.2. The van der Waals surface area contributed by atoms with Crippen molar-refractivity contribution < 1.29 is 4.79 Å². The molecule has 134 valence electrons. The maximum Gasteiger partial charge on any atom is 0.260 e. The van der Waals surface area contributed by atoms with E-state index in [4.69, 9.17) is 0 Å². The molecular weight excluding hydrogens is 342 g/mol. The molecule has 1 saturated heterocycles. The Kier molecular flexibility index (Phi) is 2.81. The van der Waals surface area contributed by atoms with Gasteiger partial charge in [0, 0.05) is 42.7 Å². The fourth-order valence-corrected chi connectivity index (χ4v) is 4.63. The van der Waals surface area contributed by atoms with Crippen molar-refractivity contribution in [3.63, 3.8) is 0 Å². The van der Waals surface area contributed by atoms with Crippen LogP contribution < -0.4 is 0 Å². The number of aryl methyl sites for hydroxylation is 1. The third-order valence-electron chi connectivity index (χ3n) is 5.77. The molecule has 4 aromatic rings. The van der Waals surface area contributed by atoms with Gasteiger partial charge in [0.15, 0.2) is 11.3 Å². The average Bonchev–Trinajstić information content (AvgIpc) is 3.35. The molecule has 27 heavy (non-hydrogen) atoms. The van der Waals surface area contributed by atoms with E-state index in [2.05, 4.69) is 20.2 Å². The van der Waals surface area contributed by atoms with Crippen molar-refractivity contribution in [1.82, 2.24) is 34.1 Å². The molecule has 6 rings (SSSR count). The van der Waals surface area contributed by atoms with Crippen molar-refractivity contribution >= 4 is 17.2 Å². The second-order valence-electron chi connectivity index (χ2n) is 7.33. The van der Waals surface area contributed by atoms with Gasteiger partial charge >= 0.3 is 0 Å². The van der Waals surface area contributed by atoms with Gasteiger partial charge in [0.25, 0.3) is 5.91 Å². The fourth-order valence-electron chi connectivity index (χ4n) is 4.63. The third kappa shape index (κ3) is 1.95. The average molecular weight is 359 g/mol. The minimum Gasteiger partial charge on any atom is -0.328 e. The zero-order valence-electron chi connectivity index (χ0n) is 14.8. The number of hydrogen-bond donors (Lipinski definition) is 0. The lowest BCUT2D eigenvalue weighted by molar-refractivity contribution is 0.0644. The van der Waals surface area contributed by atoms with Crippen molar-refractivity contribution in [2.45, 2.75) is 38.3 Å². The van der Waals surface area contributed by atoms with Gasteiger partial charge in [-0.05, 0) is 25.8 Å². The van der Waals surface area contributed by atoms with Crippen molar-refractivity contribution in [2.75, 3.05) is 0 Å². The summed E-state index contributed by atoms with van der Waals surface area (Å²) in [6.45, 7) is 1.98. The summed E-state index contributed by atoms with van der Waals surface area (Å²) in [5.41, 5.74) is 5.28. The molecule has 2 atom stereocenters. The Morgan fingerprint density at radius 3 is 3.07 bits per heavy atom. The van der Waals surface area contributed by atoms with E-state index in [-0.39, 0.29) is 18.0 Å². The molecule has 8 nitrogen and oxygen atoms in total. The van der Waals surface area contributed by atoms with E-state index in [1.807, 2.05) is 28.6 Å². The fraction of sp³-hybridized carbons (Fsp3) is 0.316. The minimum atomic E-state index is -0.00130. The van der Waals surface area contributed by atoms with Gasteiger partial charge in [0.2, 0.25) is 0 Å². The topological polar surface area (TPSA) is 80.7 Å². The molecule has 2 aliphatic heterocycles. The quantitative estimate of drug-likeness (QED) is 0.519. The second-order valence-corrected chi connectivity index (χ2v) is 7.33. The van der Waals surface area contributed by atoms with Gasteiger partial charge in [-0.3, -0.25) is 4.79 Å². The molecule has 8 heteroatoms. The summed E-state index contributed by atoms with van der Waals surface area (Å²) in [7, 11) is 0. The van der Waals surface area contributed by atoms with Crippen LogP contribution in [0.1, 0.15) is 46.2 Å². The lowest BCUT2D eigenvalue weighted by Gasteiger charge is -2.36.